The fourth-order valence-electron chi connectivity index (χ4n) is 5.94. The van der Waals surface area contributed by atoms with Crippen LogP contribution in [0.5, 0.6) is 23.0 Å². The lowest BCUT2D eigenvalue weighted by molar-refractivity contribution is 0.359. The highest BCUT2D eigenvalue weighted by Crippen LogP contribution is 2.55. The summed E-state index contributed by atoms with van der Waals surface area (Å²) in [6.45, 7) is 4.53. The number of aromatic nitrogens is 2. The van der Waals surface area contributed by atoms with Gasteiger partial charge in [0.25, 0.3) is 0 Å². The van der Waals surface area contributed by atoms with Crippen molar-refractivity contribution in [3.05, 3.63) is 120 Å². The van der Waals surface area contributed by atoms with E-state index in [0.717, 1.165) is 39.2 Å². The van der Waals surface area contributed by atoms with Crippen molar-refractivity contribution in [2.45, 2.75) is 19.3 Å². The SMILES string of the molecule is CC1(C)c2ccccc2-c2cc3c(cc21)Oc1cc(-c2nc(-c4ccccc4)c4ccccc4n2)ccc1O3. The van der Waals surface area contributed by atoms with Crippen LogP contribution < -0.4 is 9.47 Å². The molecule has 1 aliphatic heterocycles. The summed E-state index contributed by atoms with van der Waals surface area (Å²) < 4.78 is 12.9. The van der Waals surface area contributed by atoms with Crippen LogP contribution in [-0.2, 0) is 5.41 Å². The molecule has 0 bridgehead atoms. The Labute approximate surface area is 226 Å². The highest BCUT2D eigenvalue weighted by atomic mass is 16.6. The van der Waals surface area contributed by atoms with Gasteiger partial charge in [-0.1, -0.05) is 86.6 Å². The lowest BCUT2D eigenvalue weighted by Gasteiger charge is -2.25. The zero-order valence-corrected chi connectivity index (χ0v) is 21.6. The molecule has 1 aliphatic carbocycles. The molecule has 2 aliphatic rings. The molecule has 1 aromatic heterocycles. The predicted octanol–water partition coefficient (Wildman–Crippen LogP) is 9.17. The molecule has 4 nitrogen and oxygen atoms in total. The molecular formula is C35H24N2O2. The molecule has 0 N–H and O–H groups in total. The van der Waals surface area contributed by atoms with E-state index in [-0.39, 0.29) is 5.41 Å². The molecule has 0 atom stereocenters. The zero-order chi connectivity index (χ0) is 26.1. The Bertz CT molecular complexity index is 1940. The molecule has 186 valence electrons. The molecule has 0 spiro atoms. The van der Waals surface area contributed by atoms with Gasteiger partial charge in [0.2, 0.25) is 0 Å². The lowest BCUT2D eigenvalue weighted by Crippen LogP contribution is -2.15. The Hall–Kier alpha value is -4.96. The largest absolute Gasteiger partial charge is 0.449 e. The summed E-state index contributed by atoms with van der Waals surface area (Å²) in [5, 5.41) is 1.02. The van der Waals surface area contributed by atoms with Crippen LogP contribution in [0.3, 0.4) is 0 Å². The van der Waals surface area contributed by atoms with E-state index in [1.807, 2.05) is 54.6 Å². The summed E-state index contributed by atoms with van der Waals surface area (Å²) in [4.78, 5) is 9.92. The number of benzene rings is 5. The van der Waals surface area contributed by atoms with Crippen molar-refractivity contribution in [1.29, 1.82) is 0 Å². The highest BCUT2D eigenvalue weighted by molar-refractivity contribution is 5.93. The van der Waals surface area contributed by atoms with Gasteiger partial charge in [-0.2, -0.15) is 0 Å². The van der Waals surface area contributed by atoms with Crippen LogP contribution in [-0.4, -0.2) is 9.97 Å². The van der Waals surface area contributed by atoms with Gasteiger partial charge in [0.15, 0.2) is 28.8 Å². The van der Waals surface area contributed by atoms with Gasteiger partial charge in [-0.25, -0.2) is 9.97 Å². The Morgan fingerprint density at radius 3 is 2.15 bits per heavy atom. The van der Waals surface area contributed by atoms with Gasteiger partial charge < -0.3 is 9.47 Å². The van der Waals surface area contributed by atoms with E-state index in [1.54, 1.807) is 0 Å². The number of ether oxygens (including phenoxy) is 2. The second-order valence-electron chi connectivity index (χ2n) is 10.7. The summed E-state index contributed by atoms with van der Waals surface area (Å²) >= 11 is 0. The molecular weight excluding hydrogens is 480 g/mol. The third kappa shape index (κ3) is 3.31. The van der Waals surface area contributed by atoms with Crippen LogP contribution in [0.4, 0.5) is 0 Å². The number of hydrogen-bond donors (Lipinski definition) is 0. The molecule has 5 aromatic carbocycles. The van der Waals surface area contributed by atoms with Gasteiger partial charge in [-0.15, -0.1) is 0 Å². The minimum absolute atomic E-state index is 0.112. The van der Waals surface area contributed by atoms with Gasteiger partial charge >= 0.3 is 0 Å². The molecule has 2 heterocycles. The first-order valence-electron chi connectivity index (χ1n) is 13.2. The minimum Gasteiger partial charge on any atom is -0.449 e. The number of fused-ring (bicyclic) bond motifs is 6. The number of nitrogens with zero attached hydrogens (tertiary/aromatic N) is 2. The van der Waals surface area contributed by atoms with E-state index in [4.69, 9.17) is 19.4 Å². The maximum absolute atomic E-state index is 6.48. The quantitative estimate of drug-likeness (QED) is 0.235. The summed E-state index contributed by atoms with van der Waals surface area (Å²) in [6.07, 6.45) is 0. The van der Waals surface area contributed by atoms with Crippen LogP contribution in [0.25, 0.3) is 44.7 Å². The standard InChI is InChI=1S/C35H24N2O2/c1-35(2)26-14-8-6-12-23(26)25-19-31-32(20-27(25)35)39-30-18-22(16-17-29(30)38-31)34-36-28-15-9-7-13-24(28)33(37-34)21-10-4-3-5-11-21/h3-20H,1-2H3. The van der Waals surface area contributed by atoms with Crippen molar-refractivity contribution in [2.75, 3.05) is 0 Å². The smallest absolute Gasteiger partial charge is 0.170 e. The predicted molar refractivity (Wildman–Crippen MR) is 155 cm³/mol. The van der Waals surface area contributed by atoms with Crippen molar-refractivity contribution < 1.29 is 9.47 Å². The molecule has 6 aromatic rings. The molecule has 0 saturated carbocycles. The van der Waals surface area contributed by atoms with E-state index < -0.39 is 0 Å². The number of rotatable bonds is 2. The fourth-order valence-corrected chi connectivity index (χ4v) is 5.94. The third-order valence-corrected chi connectivity index (χ3v) is 7.94. The average molecular weight is 505 g/mol. The van der Waals surface area contributed by atoms with Crippen LogP contribution in [0.15, 0.2) is 109 Å². The first-order chi connectivity index (χ1) is 19.1. The molecule has 8 rings (SSSR count). The molecule has 0 amide bonds. The third-order valence-electron chi connectivity index (χ3n) is 7.94. The first-order valence-corrected chi connectivity index (χ1v) is 13.2. The number of hydrogen-bond acceptors (Lipinski definition) is 4. The second kappa shape index (κ2) is 8.02. The van der Waals surface area contributed by atoms with Crippen molar-refractivity contribution in [1.82, 2.24) is 9.97 Å². The van der Waals surface area contributed by atoms with Crippen LogP contribution in [0, 0.1) is 0 Å². The zero-order valence-electron chi connectivity index (χ0n) is 21.6. The Kier molecular flexibility index (Phi) is 4.54. The Morgan fingerprint density at radius 2 is 1.26 bits per heavy atom. The van der Waals surface area contributed by atoms with Gasteiger partial charge in [0, 0.05) is 21.9 Å². The summed E-state index contributed by atoms with van der Waals surface area (Å²) in [5.74, 6) is 3.45. The van der Waals surface area contributed by atoms with E-state index in [2.05, 4.69) is 68.4 Å². The van der Waals surface area contributed by atoms with Crippen molar-refractivity contribution >= 4 is 10.9 Å². The van der Waals surface area contributed by atoms with Gasteiger partial charge in [-0.3, -0.25) is 0 Å². The monoisotopic (exact) mass is 504 g/mol. The van der Waals surface area contributed by atoms with Gasteiger partial charge in [-0.05, 0) is 58.7 Å². The van der Waals surface area contributed by atoms with Crippen LogP contribution in [0.1, 0.15) is 25.0 Å². The highest BCUT2D eigenvalue weighted by Gasteiger charge is 2.37. The van der Waals surface area contributed by atoms with E-state index >= 15 is 0 Å². The molecule has 0 saturated heterocycles. The first kappa shape index (κ1) is 22.1. The summed E-state index contributed by atoms with van der Waals surface area (Å²) in [6, 6.07) is 37.1. The normalized spacial score (nSPS) is 14.0. The van der Waals surface area contributed by atoms with Gasteiger partial charge in [0.05, 0.1) is 11.2 Å². The van der Waals surface area contributed by atoms with E-state index in [0.29, 0.717) is 17.3 Å². The minimum atomic E-state index is -0.112. The summed E-state index contributed by atoms with van der Waals surface area (Å²) in [5.41, 5.74) is 8.66. The lowest BCUT2D eigenvalue weighted by atomic mass is 9.82. The van der Waals surface area contributed by atoms with Crippen LogP contribution in [0.2, 0.25) is 0 Å². The van der Waals surface area contributed by atoms with Crippen molar-refractivity contribution in [2.24, 2.45) is 0 Å². The van der Waals surface area contributed by atoms with Crippen molar-refractivity contribution in [3.63, 3.8) is 0 Å². The second-order valence-corrected chi connectivity index (χ2v) is 10.7. The fraction of sp³-hybridized carbons (Fsp3) is 0.0857. The maximum atomic E-state index is 6.48. The summed E-state index contributed by atoms with van der Waals surface area (Å²) in [7, 11) is 0. The maximum Gasteiger partial charge on any atom is 0.170 e. The topological polar surface area (TPSA) is 44.2 Å². The van der Waals surface area contributed by atoms with Crippen LogP contribution >= 0.6 is 0 Å². The Balaban J connectivity index is 1.22. The molecule has 4 heteroatoms. The average Bonchev–Trinajstić information content (AvgIpc) is 3.20. The van der Waals surface area contributed by atoms with Gasteiger partial charge in [0.1, 0.15) is 0 Å². The van der Waals surface area contributed by atoms with E-state index in [9.17, 15) is 0 Å². The molecule has 0 fully saturated rings. The molecule has 0 unspecified atom stereocenters. The Morgan fingerprint density at radius 1 is 0.538 bits per heavy atom. The van der Waals surface area contributed by atoms with Crippen molar-refractivity contribution in [3.8, 4) is 56.8 Å². The molecule has 39 heavy (non-hydrogen) atoms. The number of para-hydroxylation sites is 1. The van der Waals surface area contributed by atoms with E-state index in [1.165, 1.54) is 22.3 Å². The molecule has 0 radical (unpaired) electrons.